The number of benzene rings is 3. The summed E-state index contributed by atoms with van der Waals surface area (Å²) >= 11 is 0. The zero-order valence-electron chi connectivity index (χ0n) is 22.1. The third kappa shape index (κ3) is 5.51. The predicted molar refractivity (Wildman–Crippen MR) is 154 cm³/mol. The van der Waals surface area contributed by atoms with Crippen LogP contribution in [0.1, 0.15) is 35.4 Å². The number of anilines is 3. The van der Waals surface area contributed by atoms with Crippen molar-refractivity contribution >= 4 is 17.3 Å². The van der Waals surface area contributed by atoms with Crippen molar-refractivity contribution in [1.82, 2.24) is 14.9 Å². The van der Waals surface area contributed by atoms with Gasteiger partial charge in [-0.15, -0.1) is 0 Å². The first-order valence-corrected chi connectivity index (χ1v) is 13.8. The van der Waals surface area contributed by atoms with Gasteiger partial charge in [0.15, 0.2) is 0 Å². The molecular formula is C32H34FN5O. The Bertz CT molecular complexity index is 1420. The van der Waals surface area contributed by atoms with Crippen molar-refractivity contribution in [3.05, 3.63) is 102 Å². The first-order chi connectivity index (χ1) is 19.2. The quantitative estimate of drug-likeness (QED) is 0.293. The highest BCUT2D eigenvalue weighted by atomic mass is 19.1. The monoisotopic (exact) mass is 523 g/mol. The van der Waals surface area contributed by atoms with Gasteiger partial charge in [0.25, 0.3) is 0 Å². The van der Waals surface area contributed by atoms with E-state index in [0.29, 0.717) is 17.9 Å². The molecule has 1 fully saturated rings. The number of aromatic nitrogens is 2. The molecule has 1 aliphatic carbocycles. The second-order valence-corrected chi connectivity index (χ2v) is 10.4. The fraction of sp³-hybridized carbons (Fsp3) is 0.312. The van der Waals surface area contributed by atoms with Gasteiger partial charge in [-0.2, -0.15) is 0 Å². The first kappa shape index (κ1) is 25.5. The molecule has 0 bridgehead atoms. The number of aliphatic hydroxyl groups is 1. The molecule has 4 aromatic rings. The second kappa shape index (κ2) is 11.5. The van der Waals surface area contributed by atoms with Crippen molar-refractivity contribution < 1.29 is 9.50 Å². The van der Waals surface area contributed by atoms with Gasteiger partial charge in [0, 0.05) is 61.8 Å². The van der Waals surface area contributed by atoms with Crippen molar-refractivity contribution in [3.8, 4) is 11.3 Å². The maximum absolute atomic E-state index is 14.7. The third-order valence-electron chi connectivity index (χ3n) is 7.90. The molecule has 0 radical (unpaired) electrons. The highest BCUT2D eigenvalue weighted by Crippen LogP contribution is 2.42. The minimum atomic E-state index is -0.177. The SMILES string of the molecule is OCCCCN1CCN(c2ccc(Nc3ncc4c(n3)-c3ccccc3[C@H](c3ccccc3F)C4)cc2)CC1. The molecule has 2 heterocycles. The van der Waals surface area contributed by atoms with E-state index >= 15 is 0 Å². The van der Waals surface area contributed by atoms with Crippen molar-refractivity contribution in [2.24, 2.45) is 0 Å². The van der Waals surface area contributed by atoms with Gasteiger partial charge < -0.3 is 15.3 Å². The molecule has 39 heavy (non-hydrogen) atoms. The van der Waals surface area contributed by atoms with Crippen LogP contribution in [0.4, 0.5) is 21.7 Å². The number of nitrogens with zero attached hydrogens (tertiary/aromatic N) is 4. The van der Waals surface area contributed by atoms with Gasteiger partial charge in [0.2, 0.25) is 5.95 Å². The summed E-state index contributed by atoms with van der Waals surface area (Å²) in [4.78, 5) is 14.4. The second-order valence-electron chi connectivity index (χ2n) is 10.4. The zero-order chi connectivity index (χ0) is 26.6. The Morgan fingerprint density at radius 2 is 1.62 bits per heavy atom. The number of fused-ring (bicyclic) bond motifs is 3. The number of hydrogen-bond acceptors (Lipinski definition) is 6. The summed E-state index contributed by atoms with van der Waals surface area (Å²) in [6, 6.07) is 23.7. The van der Waals surface area contributed by atoms with Crippen LogP contribution in [0.15, 0.2) is 79.0 Å². The van der Waals surface area contributed by atoms with Crippen molar-refractivity contribution in [1.29, 1.82) is 0 Å². The van der Waals surface area contributed by atoms with Crippen LogP contribution in [-0.2, 0) is 6.42 Å². The van der Waals surface area contributed by atoms with Gasteiger partial charge in [0.05, 0.1) is 5.69 Å². The third-order valence-corrected chi connectivity index (χ3v) is 7.90. The fourth-order valence-electron chi connectivity index (χ4n) is 5.79. The topological polar surface area (TPSA) is 64.5 Å². The largest absolute Gasteiger partial charge is 0.396 e. The van der Waals surface area contributed by atoms with E-state index in [-0.39, 0.29) is 18.3 Å². The highest BCUT2D eigenvalue weighted by Gasteiger charge is 2.29. The molecule has 1 aliphatic heterocycles. The molecule has 6 nitrogen and oxygen atoms in total. The van der Waals surface area contributed by atoms with Crippen molar-refractivity contribution in [2.75, 3.05) is 49.5 Å². The van der Waals surface area contributed by atoms with Crippen LogP contribution in [0.25, 0.3) is 11.3 Å². The number of nitrogens with one attached hydrogen (secondary N) is 1. The summed E-state index contributed by atoms with van der Waals surface area (Å²) < 4.78 is 14.7. The van der Waals surface area contributed by atoms with Crippen LogP contribution in [-0.4, -0.2) is 59.3 Å². The molecule has 0 spiro atoms. The van der Waals surface area contributed by atoms with Gasteiger partial charge in [-0.05, 0) is 72.8 Å². The Balaban J connectivity index is 1.15. The smallest absolute Gasteiger partial charge is 0.227 e. The Morgan fingerprint density at radius 3 is 2.38 bits per heavy atom. The molecule has 1 saturated heterocycles. The molecule has 1 atom stereocenters. The average Bonchev–Trinajstić information content (AvgIpc) is 2.98. The Labute approximate surface area is 229 Å². The van der Waals surface area contributed by atoms with E-state index < -0.39 is 0 Å². The molecule has 2 aliphatic rings. The lowest BCUT2D eigenvalue weighted by molar-refractivity contribution is 0.232. The lowest BCUT2D eigenvalue weighted by atomic mass is 9.78. The maximum Gasteiger partial charge on any atom is 0.227 e. The lowest BCUT2D eigenvalue weighted by Crippen LogP contribution is -2.46. The van der Waals surface area contributed by atoms with Crippen LogP contribution in [0.3, 0.4) is 0 Å². The standard InChI is InChI=1S/C32H34FN5O/c33-30-10-4-3-8-27(30)29-21-23-22-34-32(36-31(23)28-9-2-1-7-26(28)29)35-24-11-13-25(14-12-24)38-18-16-37(17-19-38)15-5-6-20-39/h1-4,7-14,22,29,39H,5-6,15-21H2,(H,34,35,36)/t29-/m1/s1. The summed E-state index contributed by atoms with van der Waals surface area (Å²) in [6.07, 6.45) is 4.47. The van der Waals surface area contributed by atoms with Gasteiger partial charge in [-0.25, -0.2) is 14.4 Å². The van der Waals surface area contributed by atoms with E-state index in [1.165, 1.54) is 11.8 Å². The molecule has 7 heteroatoms. The van der Waals surface area contributed by atoms with E-state index in [9.17, 15) is 4.39 Å². The molecule has 0 saturated carbocycles. The molecule has 1 aromatic heterocycles. The van der Waals surface area contributed by atoms with Gasteiger partial charge in [0.1, 0.15) is 5.82 Å². The van der Waals surface area contributed by atoms with Gasteiger partial charge >= 0.3 is 0 Å². The minimum Gasteiger partial charge on any atom is -0.396 e. The van der Waals surface area contributed by atoms with Crippen molar-refractivity contribution in [2.45, 2.75) is 25.2 Å². The summed E-state index contributed by atoms with van der Waals surface area (Å²) in [5.41, 5.74) is 6.93. The van der Waals surface area contributed by atoms with E-state index in [1.807, 2.05) is 30.5 Å². The summed E-state index contributed by atoms with van der Waals surface area (Å²) in [5, 5.41) is 12.4. The van der Waals surface area contributed by atoms with E-state index in [2.05, 4.69) is 56.5 Å². The zero-order valence-corrected chi connectivity index (χ0v) is 22.1. The van der Waals surface area contributed by atoms with Crippen molar-refractivity contribution in [3.63, 3.8) is 0 Å². The normalized spacial score (nSPS) is 17.0. The molecule has 6 rings (SSSR count). The molecule has 0 amide bonds. The summed E-state index contributed by atoms with van der Waals surface area (Å²) in [6.45, 7) is 5.45. The maximum atomic E-state index is 14.7. The molecular weight excluding hydrogens is 489 g/mol. The highest BCUT2D eigenvalue weighted by molar-refractivity contribution is 5.73. The Morgan fingerprint density at radius 1 is 0.872 bits per heavy atom. The van der Waals surface area contributed by atoms with Crippen LogP contribution in [0, 0.1) is 5.82 Å². The molecule has 3 aromatic carbocycles. The van der Waals surface area contributed by atoms with E-state index in [0.717, 1.165) is 73.6 Å². The summed E-state index contributed by atoms with van der Waals surface area (Å²) in [7, 11) is 0. The Hall–Kier alpha value is -3.81. The first-order valence-electron chi connectivity index (χ1n) is 13.8. The van der Waals surface area contributed by atoms with Gasteiger partial charge in [-0.1, -0.05) is 42.5 Å². The summed E-state index contributed by atoms with van der Waals surface area (Å²) in [5.74, 6) is 0.313. The molecule has 2 N–H and O–H groups in total. The van der Waals surface area contributed by atoms with E-state index in [1.54, 1.807) is 6.07 Å². The Kier molecular flexibility index (Phi) is 7.52. The van der Waals surface area contributed by atoms with Crippen LogP contribution >= 0.6 is 0 Å². The van der Waals surface area contributed by atoms with E-state index in [4.69, 9.17) is 10.1 Å². The number of piperazine rings is 1. The molecule has 0 unspecified atom stereocenters. The molecule has 200 valence electrons. The van der Waals surface area contributed by atoms with Crippen LogP contribution < -0.4 is 10.2 Å². The van der Waals surface area contributed by atoms with Crippen LogP contribution in [0.5, 0.6) is 0 Å². The fourth-order valence-corrected chi connectivity index (χ4v) is 5.79. The number of halogens is 1. The number of rotatable bonds is 8. The number of aliphatic hydroxyl groups excluding tert-OH is 1. The minimum absolute atomic E-state index is 0.0627. The number of unbranched alkanes of at least 4 members (excludes halogenated alkanes) is 1. The van der Waals surface area contributed by atoms with Gasteiger partial charge in [-0.3, -0.25) is 4.90 Å². The number of hydrogen-bond donors (Lipinski definition) is 2. The lowest BCUT2D eigenvalue weighted by Gasteiger charge is -2.36. The van der Waals surface area contributed by atoms with Crippen LogP contribution in [0.2, 0.25) is 0 Å². The average molecular weight is 524 g/mol. The predicted octanol–water partition coefficient (Wildman–Crippen LogP) is 5.61.